The summed E-state index contributed by atoms with van der Waals surface area (Å²) in [4.78, 5) is 16.7. The number of nitrogens with two attached hydrogens (primary N) is 1. The minimum absolute atomic E-state index is 0.278. The molecular formula is C9H18N2O2. The van der Waals surface area contributed by atoms with Gasteiger partial charge in [0.05, 0.1) is 5.60 Å². The number of amides is 1. The Morgan fingerprint density at radius 1 is 1.46 bits per heavy atom. The van der Waals surface area contributed by atoms with Crippen LogP contribution in [0.5, 0.6) is 0 Å². The quantitative estimate of drug-likeness (QED) is 0.659. The molecule has 1 aliphatic rings. The first-order valence-corrected chi connectivity index (χ1v) is 4.51. The molecule has 0 aromatic rings. The summed E-state index contributed by atoms with van der Waals surface area (Å²) in [6, 6.07) is 0. The van der Waals surface area contributed by atoms with Crippen LogP contribution < -0.4 is 5.73 Å². The van der Waals surface area contributed by atoms with Crippen molar-refractivity contribution in [2.75, 3.05) is 7.05 Å². The molecule has 4 nitrogen and oxygen atoms in total. The Balaban J connectivity index is 2.58. The molecule has 13 heavy (non-hydrogen) atoms. The van der Waals surface area contributed by atoms with Crippen molar-refractivity contribution in [1.29, 1.82) is 0 Å². The first-order valence-electron chi connectivity index (χ1n) is 4.51. The molecule has 2 N–H and O–H groups in total. The lowest BCUT2D eigenvalue weighted by atomic mass is 10.2. The maximum atomic E-state index is 11.1. The summed E-state index contributed by atoms with van der Waals surface area (Å²) in [5.41, 5.74) is 4.48. The Labute approximate surface area is 79.0 Å². The summed E-state index contributed by atoms with van der Waals surface area (Å²) in [5.74, 6) is -0.292. The van der Waals surface area contributed by atoms with Gasteiger partial charge in [-0.15, -0.1) is 0 Å². The molecule has 1 fully saturated rings. The van der Waals surface area contributed by atoms with Crippen LogP contribution in [0.1, 0.15) is 33.6 Å². The number of likely N-dealkylation sites (N-methyl/N-ethyl adjacent to an activating group) is 1. The third-order valence-corrected chi connectivity index (χ3v) is 2.20. The van der Waals surface area contributed by atoms with Gasteiger partial charge in [0.2, 0.25) is 5.91 Å². The van der Waals surface area contributed by atoms with Crippen LogP contribution >= 0.6 is 0 Å². The van der Waals surface area contributed by atoms with Gasteiger partial charge in [0.25, 0.3) is 0 Å². The Hall–Kier alpha value is -0.610. The number of hydroxylamine groups is 2. The van der Waals surface area contributed by atoms with Crippen LogP contribution in [0.25, 0.3) is 0 Å². The molecular weight excluding hydrogens is 168 g/mol. The molecule has 0 atom stereocenters. The van der Waals surface area contributed by atoms with Crippen LogP contribution in [-0.2, 0) is 9.63 Å². The summed E-state index contributed by atoms with van der Waals surface area (Å²) >= 11 is 0. The molecule has 0 aromatic carbocycles. The summed E-state index contributed by atoms with van der Waals surface area (Å²) < 4.78 is 0. The van der Waals surface area contributed by atoms with Crippen molar-refractivity contribution in [1.82, 2.24) is 5.06 Å². The van der Waals surface area contributed by atoms with E-state index in [1.54, 1.807) is 12.1 Å². The largest absolute Gasteiger partial charge is 0.368 e. The highest BCUT2D eigenvalue weighted by Crippen LogP contribution is 2.41. The van der Waals surface area contributed by atoms with Gasteiger partial charge in [0, 0.05) is 7.05 Å². The van der Waals surface area contributed by atoms with Crippen molar-refractivity contribution in [3.05, 3.63) is 0 Å². The monoisotopic (exact) mass is 186 g/mol. The first-order chi connectivity index (χ1) is 5.78. The van der Waals surface area contributed by atoms with Crippen molar-refractivity contribution in [3.8, 4) is 0 Å². The molecule has 0 unspecified atom stereocenters. The van der Waals surface area contributed by atoms with E-state index in [4.69, 9.17) is 10.6 Å². The van der Waals surface area contributed by atoms with Gasteiger partial charge in [-0.3, -0.25) is 9.63 Å². The molecule has 0 saturated heterocycles. The summed E-state index contributed by atoms with van der Waals surface area (Å²) in [6.07, 6.45) is 1.60. The molecule has 76 valence electrons. The van der Waals surface area contributed by atoms with Gasteiger partial charge in [-0.05, 0) is 33.6 Å². The van der Waals surface area contributed by atoms with E-state index in [1.165, 1.54) is 0 Å². The SMILES string of the molecule is CN(OC(C)(C)C)C1(C(N)=O)CC1. The number of carbonyl (C=O) groups is 1. The lowest BCUT2D eigenvalue weighted by molar-refractivity contribution is -0.238. The molecule has 1 aliphatic carbocycles. The number of rotatable bonds is 3. The highest BCUT2D eigenvalue weighted by molar-refractivity contribution is 5.87. The molecule has 0 aliphatic heterocycles. The Morgan fingerprint density at radius 3 is 2.15 bits per heavy atom. The van der Waals surface area contributed by atoms with Gasteiger partial charge in [-0.1, -0.05) is 0 Å². The first kappa shape index (κ1) is 10.5. The van der Waals surface area contributed by atoms with Crippen molar-refractivity contribution in [2.45, 2.75) is 44.8 Å². The van der Waals surface area contributed by atoms with Crippen molar-refractivity contribution >= 4 is 5.91 Å². The minimum Gasteiger partial charge on any atom is -0.368 e. The molecule has 0 spiro atoms. The molecule has 1 amide bonds. The second-order valence-electron chi connectivity index (χ2n) is 4.60. The second-order valence-corrected chi connectivity index (χ2v) is 4.60. The van der Waals surface area contributed by atoms with E-state index in [0.717, 1.165) is 12.8 Å². The predicted molar refractivity (Wildman–Crippen MR) is 49.8 cm³/mol. The van der Waals surface area contributed by atoms with Gasteiger partial charge in [-0.25, -0.2) is 0 Å². The van der Waals surface area contributed by atoms with Gasteiger partial charge in [0.1, 0.15) is 5.54 Å². The standard InChI is InChI=1S/C9H18N2O2/c1-8(2,3)13-11(4)9(5-6-9)7(10)12/h5-6H2,1-4H3,(H2,10,12). The van der Waals surface area contributed by atoms with Crippen molar-refractivity contribution in [3.63, 3.8) is 0 Å². The molecule has 1 saturated carbocycles. The number of primary amides is 1. The summed E-state index contributed by atoms with van der Waals surface area (Å²) in [5, 5.41) is 1.61. The molecule has 0 radical (unpaired) electrons. The summed E-state index contributed by atoms with van der Waals surface area (Å²) in [6.45, 7) is 5.84. The number of hydrogen-bond donors (Lipinski definition) is 1. The predicted octanol–water partition coefficient (Wildman–Crippen LogP) is 0.666. The fourth-order valence-corrected chi connectivity index (χ4v) is 1.33. The zero-order valence-corrected chi connectivity index (χ0v) is 8.76. The van der Waals surface area contributed by atoms with Crippen LogP contribution in [0.15, 0.2) is 0 Å². The lowest BCUT2D eigenvalue weighted by Gasteiger charge is -2.31. The van der Waals surface area contributed by atoms with E-state index in [-0.39, 0.29) is 11.5 Å². The van der Waals surface area contributed by atoms with E-state index in [1.807, 2.05) is 20.8 Å². The molecule has 1 rings (SSSR count). The zero-order valence-electron chi connectivity index (χ0n) is 8.76. The topological polar surface area (TPSA) is 55.6 Å². The number of nitrogens with zero attached hydrogens (tertiary/aromatic N) is 1. The van der Waals surface area contributed by atoms with Gasteiger partial charge in [-0.2, -0.15) is 5.06 Å². The third kappa shape index (κ3) is 2.19. The second kappa shape index (κ2) is 2.96. The molecule has 4 heteroatoms. The molecule has 0 heterocycles. The fourth-order valence-electron chi connectivity index (χ4n) is 1.33. The summed E-state index contributed by atoms with van der Waals surface area (Å²) in [7, 11) is 1.77. The van der Waals surface area contributed by atoms with E-state index >= 15 is 0 Å². The maximum absolute atomic E-state index is 11.1. The highest BCUT2D eigenvalue weighted by atomic mass is 16.7. The number of hydrogen-bond acceptors (Lipinski definition) is 3. The normalized spacial score (nSPS) is 20.4. The van der Waals surface area contributed by atoms with Crippen LogP contribution in [0.2, 0.25) is 0 Å². The van der Waals surface area contributed by atoms with Gasteiger partial charge >= 0.3 is 0 Å². The van der Waals surface area contributed by atoms with Crippen LogP contribution in [0.3, 0.4) is 0 Å². The Morgan fingerprint density at radius 2 is 1.92 bits per heavy atom. The van der Waals surface area contributed by atoms with E-state index < -0.39 is 5.54 Å². The van der Waals surface area contributed by atoms with Crippen molar-refractivity contribution in [2.24, 2.45) is 5.73 Å². The van der Waals surface area contributed by atoms with Gasteiger partial charge < -0.3 is 5.73 Å². The van der Waals surface area contributed by atoms with Crippen LogP contribution in [0, 0.1) is 0 Å². The molecule has 0 bridgehead atoms. The highest BCUT2D eigenvalue weighted by Gasteiger charge is 2.53. The number of carbonyl (C=O) groups excluding carboxylic acids is 1. The molecule has 0 aromatic heterocycles. The smallest absolute Gasteiger partial charge is 0.240 e. The van der Waals surface area contributed by atoms with E-state index in [0.29, 0.717) is 0 Å². The average molecular weight is 186 g/mol. The Bertz CT molecular complexity index is 216. The fraction of sp³-hybridized carbons (Fsp3) is 0.889. The maximum Gasteiger partial charge on any atom is 0.240 e. The van der Waals surface area contributed by atoms with Crippen molar-refractivity contribution < 1.29 is 9.63 Å². The van der Waals surface area contributed by atoms with Gasteiger partial charge in [0.15, 0.2) is 0 Å². The van der Waals surface area contributed by atoms with Crippen LogP contribution in [0.4, 0.5) is 0 Å². The Kier molecular flexibility index (Phi) is 2.38. The average Bonchev–Trinajstić information content (AvgIpc) is 2.59. The minimum atomic E-state index is -0.534. The van der Waals surface area contributed by atoms with E-state index in [9.17, 15) is 4.79 Å². The zero-order chi connectivity index (χ0) is 10.3. The van der Waals surface area contributed by atoms with Crippen LogP contribution in [-0.4, -0.2) is 29.2 Å². The lowest BCUT2D eigenvalue weighted by Crippen LogP contribution is -2.47. The van der Waals surface area contributed by atoms with E-state index in [2.05, 4.69) is 0 Å². The third-order valence-electron chi connectivity index (χ3n) is 2.20.